The molecule has 0 amide bonds. The Morgan fingerprint density at radius 3 is 2.33 bits per heavy atom. The van der Waals surface area contributed by atoms with Gasteiger partial charge in [0.15, 0.2) is 5.78 Å². The van der Waals surface area contributed by atoms with Crippen LogP contribution in [0, 0.1) is 20.8 Å². The highest BCUT2D eigenvalue weighted by Crippen LogP contribution is 2.20. The van der Waals surface area contributed by atoms with Gasteiger partial charge in [0, 0.05) is 15.6 Å². The van der Waals surface area contributed by atoms with Crippen molar-refractivity contribution in [3.8, 4) is 0 Å². The fraction of sp³-hybridized carbons (Fsp3) is 0.188. The molecule has 0 aliphatic carbocycles. The van der Waals surface area contributed by atoms with E-state index in [0.29, 0.717) is 0 Å². The third-order valence-electron chi connectivity index (χ3n) is 2.94. The van der Waals surface area contributed by atoms with Gasteiger partial charge in [0.1, 0.15) is 0 Å². The molecule has 0 radical (unpaired) electrons. The fourth-order valence-corrected chi connectivity index (χ4v) is 2.61. The van der Waals surface area contributed by atoms with E-state index in [0.717, 1.165) is 32.3 Å². The monoisotopic (exact) mass is 302 g/mol. The predicted octanol–water partition coefficient (Wildman–Crippen LogP) is 4.61. The van der Waals surface area contributed by atoms with Gasteiger partial charge in [-0.1, -0.05) is 33.6 Å². The van der Waals surface area contributed by atoms with Gasteiger partial charge < -0.3 is 0 Å². The van der Waals surface area contributed by atoms with E-state index in [1.54, 1.807) is 0 Å². The summed E-state index contributed by atoms with van der Waals surface area (Å²) in [6.45, 7) is 5.96. The molecule has 0 aromatic heterocycles. The summed E-state index contributed by atoms with van der Waals surface area (Å²) in [5.41, 5.74) is 4.72. The van der Waals surface area contributed by atoms with Crippen LogP contribution in [0.25, 0.3) is 0 Å². The first-order valence-corrected chi connectivity index (χ1v) is 6.66. The molecule has 0 aliphatic rings. The van der Waals surface area contributed by atoms with Crippen LogP contribution in [0.2, 0.25) is 0 Å². The summed E-state index contributed by atoms with van der Waals surface area (Å²) in [4.78, 5) is 12.5. The second-order valence-corrected chi connectivity index (χ2v) is 5.58. The third-order valence-corrected chi connectivity index (χ3v) is 3.40. The van der Waals surface area contributed by atoms with E-state index in [9.17, 15) is 4.79 Å². The van der Waals surface area contributed by atoms with Crippen molar-refractivity contribution in [1.82, 2.24) is 0 Å². The molecule has 18 heavy (non-hydrogen) atoms. The van der Waals surface area contributed by atoms with Crippen molar-refractivity contribution in [2.75, 3.05) is 0 Å². The van der Waals surface area contributed by atoms with Gasteiger partial charge in [0.25, 0.3) is 0 Å². The molecule has 0 bridgehead atoms. The summed E-state index contributed by atoms with van der Waals surface area (Å²) >= 11 is 3.43. The maximum atomic E-state index is 12.5. The number of hydrogen-bond acceptors (Lipinski definition) is 1. The molecule has 2 aromatic carbocycles. The van der Waals surface area contributed by atoms with Crippen LogP contribution < -0.4 is 0 Å². The molecule has 0 unspecified atom stereocenters. The summed E-state index contributed by atoms with van der Waals surface area (Å²) < 4.78 is 0.941. The van der Waals surface area contributed by atoms with Gasteiger partial charge in [-0.2, -0.15) is 0 Å². The Kier molecular flexibility index (Phi) is 3.67. The Balaban J connectivity index is 2.51. The SMILES string of the molecule is Cc1cc(Br)cc(C(=O)c2cc(C)ccc2C)c1. The minimum absolute atomic E-state index is 0.0839. The van der Waals surface area contributed by atoms with Crippen LogP contribution in [0.4, 0.5) is 0 Å². The standard InChI is InChI=1S/C16H15BrO/c1-10-4-5-12(3)15(8-10)16(18)13-6-11(2)7-14(17)9-13/h4-9H,1-3H3. The number of rotatable bonds is 2. The lowest BCUT2D eigenvalue weighted by Crippen LogP contribution is -2.04. The van der Waals surface area contributed by atoms with Gasteiger partial charge in [0.2, 0.25) is 0 Å². The van der Waals surface area contributed by atoms with Gasteiger partial charge >= 0.3 is 0 Å². The largest absolute Gasteiger partial charge is 0.289 e. The Morgan fingerprint density at radius 2 is 1.67 bits per heavy atom. The lowest BCUT2D eigenvalue weighted by Gasteiger charge is -2.07. The molecule has 0 atom stereocenters. The molecular formula is C16H15BrO. The second-order valence-electron chi connectivity index (χ2n) is 4.66. The van der Waals surface area contributed by atoms with Gasteiger partial charge in [-0.25, -0.2) is 0 Å². The van der Waals surface area contributed by atoms with Crippen LogP contribution >= 0.6 is 15.9 Å². The maximum absolute atomic E-state index is 12.5. The number of benzene rings is 2. The number of hydrogen-bond donors (Lipinski definition) is 0. The van der Waals surface area contributed by atoms with Crippen LogP contribution in [0.15, 0.2) is 40.9 Å². The van der Waals surface area contributed by atoms with Gasteiger partial charge in [-0.15, -0.1) is 0 Å². The first kappa shape index (κ1) is 13.0. The topological polar surface area (TPSA) is 17.1 Å². The molecule has 2 rings (SSSR count). The highest BCUT2D eigenvalue weighted by atomic mass is 79.9. The molecule has 0 spiro atoms. The normalized spacial score (nSPS) is 10.4. The number of aryl methyl sites for hydroxylation is 3. The zero-order valence-corrected chi connectivity index (χ0v) is 12.3. The molecule has 0 saturated carbocycles. The van der Waals surface area contributed by atoms with E-state index >= 15 is 0 Å². The van der Waals surface area contributed by atoms with E-state index in [2.05, 4.69) is 15.9 Å². The smallest absolute Gasteiger partial charge is 0.193 e. The zero-order chi connectivity index (χ0) is 13.3. The zero-order valence-electron chi connectivity index (χ0n) is 10.8. The molecule has 0 heterocycles. The van der Waals surface area contributed by atoms with E-state index in [1.165, 1.54) is 0 Å². The predicted molar refractivity (Wildman–Crippen MR) is 78.2 cm³/mol. The van der Waals surface area contributed by atoms with E-state index in [-0.39, 0.29) is 5.78 Å². The number of carbonyl (C=O) groups excluding carboxylic acids is 1. The Labute approximate surface area is 116 Å². The van der Waals surface area contributed by atoms with Crippen LogP contribution in [0.5, 0.6) is 0 Å². The van der Waals surface area contributed by atoms with Crippen LogP contribution in [0.3, 0.4) is 0 Å². The Hall–Kier alpha value is -1.41. The lowest BCUT2D eigenvalue weighted by atomic mass is 9.96. The third kappa shape index (κ3) is 2.70. The minimum atomic E-state index is 0.0839. The summed E-state index contributed by atoms with van der Waals surface area (Å²) in [7, 11) is 0. The van der Waals surface area contributed by atoms with Crippen molar-refractivity contribution >= 4 is 21.7 Å². The number of halogens is 1. The first-order valence-electron chi connectivity index (χ1n) is 5.86. The molecule has 2 heteroatoms. The van der Waals surface area contributed by atoms with Crippen molar-refractivity contribution in [2.45, 2.75) is 20.8 Å². The molecular weight excluding hydrogens is 288 g/mol. The van der Waals surface area contributed by atoms with E-state index in [4.69, 9.17) is 0 Å². The number of ketones is 1. The van der Waals surface area contributed by atoms with Crippen molar-refractivity contribution in [3.63, 3.8) is 0 Å². The van der Waals surface area contributed by atoms with Crippen molar-refractivity contribution < 1.29 is 4.79 Å². The quantitative estimate of drug-likeness (QED) is 0.741. The van der Waals surface area contributed by atoms with Crippen LogP contribution in [-0.2, 0) is 0 Å². The molecule has 92 valence electrons. The van der Waals surface area contributed by atoms with Gasteiger partial charge in [0.05, 0.1) is 0 Å². The molecule has 0 fully saturated rings. The van der Waals surface area contributed by atoms with Crippen molar-refractivity contribution in [3.05, 3.63) is 68.7 Å². The average molecular weight is 303 g/mol. The summed E-state index contributed by atoms with van der Waals surface area (Å²) in [6, 6.07) is 11.8. The summed E-state index contributed by atoms with van der Waals surface area (Å²) in [5, 5.41) is 0. The Bertz CT molecular complexity index is 594. The molecule has 2 aromatic rings. The lowest BCUT2D eigenvalue weighted by molar-refractivity contribution is 0.103. The molecule has 0 N–H and O–H groups in total. The highest BCUT2D eigenvalue weighted by Gasteiger charge is 2.12. The molecule has 0 aliphatic heterocycles. The maximum Gasteiger partial charge on any atom is 0.193 e. The van der Waals surface area contributed by atoms with Gasteiger partial charge in [-0.3, -0.25) is 4.79 Å². The second kappa shape index (κ2) is 5.07. The number of carbonyl (C=O) groups is 1. The van der Waals surface area contributed by atoms with Crippen LogP contribution in [-0.4, -0.2) is 5.78 Å². The van der Waals surface area contributed by atoms with Crippen molar-refractivity contribution in [1.29, 1.82) is 0 Å². The molecule has 0 saturated heterocycles. The van der Waals surface area contributed by atoms with E-state index in [1.807, 2.05) is 57.2 Å². The van der Waals surface area contributed by atoms with Crippen molar-refractivity contribution in [2.24, 2.45) is 0 Å². The summed E-state index contributed by atoms with van der Waals surface area (Å²) in [6.07, 6.45) is 0. The van der Waals surface area contributed by atoms with Gasteiger partial charge in [-0.05, 0) is 56.2 Å². The molecule has 1 nitrogen and oxygen atoms in total. The first-order chi connectivity index (χ1) is 8.47. The highest BCUT2D eigenvalue weighted by molar-refractivity contribution is 9.10. The Morgan fingerprint density at radius 1 is 0.944 bits per heavy atom. The van der Waals surface area contributed by atoms with Crippen LogP contribution in [0.1, 0.15) is 32.6 Å². The summed E-state index contributed by atoms with van der Waals surface area (Å²) in [5.74, 6) is 0.0839. The fourth-order valence-electron chi connectivity index (χ4n) is 2.00. The average Bonchev–Trinajstić information content (AvgIpc) is 2.30. The van der Waals surface area contributed by atoms with E-state index < -0.39 is 0 Å². The minimum Gasteiger partial charge on any atom is -0.289 e.